The van der Waals surface area contributed by atoms with E-state index in [1.54, 1.807) is 6.92 Å². The molecule has 0 aromatic heterocycles. The molecule has 0 unspecified atom stereocenters. The fraction of sp³-hybridized carbons (Fsp3) is 0.462. The number of carbonyl (C=O) groups is 1. The van der Waals surface area contributed by atoms with Gasteiger partial charge in [0, 0.05) is 18.7 Å². The van der Waals surface area contributed by atoms with Gasteiger partial charge in [-0.1, -0.05) is 17.7 Å². The summed E-state index contributed by atoms with van der Waals surface area (Å²) in [5, 5.41) is 0. The fourth-order valence-corrected chi connectivity index (χ4v) is 2.36. The second-order valence-corrected chi connectivity index (χ2v) is 4.41. The fourth-order valence-electron chi connectivity index (χ4n) is 2.36. The van der Waals surface area contributed by atoms with Gasteiger partial charge >= 0.3 is 0 Å². The van der Waals surface area contributed by atoms with Crippen LogP contribution in [0, 0.1) is 6.92 Å². The lowest BCUT2D eigenvalue weighted by Crippen LogP contribution is -2.40. The molecule has 0 N–H and O–H groups in total. The third-order valence-electron chi connectivity index (χ3n) is 3.11. The number of aryl methyl sites for hydroxylation is 2. The first-order chi connectivity index (χ1) is 7.09. The van der Waals surface area contributed by atoms with E-state index in [0.717, 1.165) is 18.5 Å². The van der Waals surface area contributed by atoms with Crippen molar-refractivity contribution in [3.8, 4) is 0 Å². The molecule has 0 bridgehead atoms. The van der Waals surface area contributed by atoms with E-state index in [2.05, 4.69) is 32.0 Å². The van der Waals surface area contributed by atoms with Crippen molar-refractivity contribution in [2.45, 2.75) is 39.7 Å². The Labute approximate surface area is 90.9 Å². The zero-order chi connectivity index (χ0) is 11.0. The molecule has 1 aromatic rings. The minimum atomic E-state index is 0.146. The van der Waals surface area contributed by atoms with E-state index in [9.17, 15) is 4.79 Å². The number of nitrogens with zero attached hydrogens (tertiary/aromatic N) is 1. The Morgan fingerprint density at radius 1 is 1.47 bits per heavy atom. The van der Waals surface area contributed by atoms with Crippen LogP contribution >= 0.6 is 0 Å². The van der Waals surface area contributed by atoms with Crippen LogP contribution in [0.25, 0.3) is 0 Å². The van der Waals surface area contributed by atoms with Crippen molar-refractivity contribution in [1.82, 2.24) is 0 Å². The van der Waals surface area contributed by atoms with E-state index in [4.69, 9.17) is 0 Å². The monoisotopic (exact) mass is 203 g/mol. The topological polar surface area (TPSA) is 20.3 Å². The molecule has 1 aliphatic heterocycles. The summed E-state index contributed by atoms with van der Waals surface area (Å²) in [5.41, 5.74) is 3.68. The van der Waals surface area contributed by atoms with E-state index in [1.165, 1.54) is 11.1 Å². The zero-order valence-electron chi connectivity index (χ0n) is 9.58. The SMILES string of the molecule is CC(=O)N1c2ccc(C)cc2CC[C@@H]1C. The molecule has 2 heteroatoms. The second kappa shape index (κ2) is 3.69. The number of hydrogen-bond donors (Lipinski definition) is 0. The number of anilines is 1. The summed E-state index contributed by atoms with van der Waals surface area (Å²) < 4.78 is 0. The van der Waals surface area contributed by atoms with Gasteiger partial charge in [0.1, 0.15) is 0 Å². The van der Waals surface area contributed by atoms with Crippen molar-refractivity contribution in [3.05, 3.63) is 29.3 Å². The number of fused-ring (bicyclic) bond motifs is 1. The van der Waals surface area contributed by atoms with Crippen molar-refractivity contribution in [2.24, 2.45) is 0 Å². The molecule has 1 aliphatic rings. The Hall–Kier alpha value is -1.31. The van der Waals surface area contributed by atoms with Crippen molar-refractivity contribution in [2.75, 3.05) is 4.90 Å². The van der Waals surface area contributed by atoms with Gasteiger partial charge < -0.3 is 4.90 Å². The Kier molecular flexibility index (Phi) is 2.51. The van der Waals surface area contributed by atoms with Gasteiger partial charge in [0.25, 0.3) is 0 Å². The van der Waals surface area contributed by atoms with Gasteiger partial charge in [0.2, 0.25) is 5.91 Å². The summed E-state index contributed by atoms with van der Waals surface area (Å²) in [6, 6.07) is 6.67. The molecule has 0 fully saturated rings. The number of hydrogen-bond acceptors (Lipinski definition) is 1. The standard InChI is InChI=1S/C13H17NO/c1-9-4-7-13-12(8-9)6-5-10(2)14(13)11(3)15/h4,7-8,10H,5-6H2,1-3H3/t10-/m0/s1. The molecule has 0 spiro atoms. The molecule has 2 rings (SSSR count). The Morgan fingerprint density at radius 2 is 2.20 bits per heavy atom. The minimum absolute atomic E-state index is 0.146. The van der Waals surface area contributed by atoms with Crippen molar-refractivity contribution in [1.29, 1.82) is 0 Å². The van der Waals surface area contributed by atoms with Gasteiger partial charge in [-0.3, -0.25) is 4.79 Å². The molecule has 1 heterocycles. The van der Waals surface area contributed by atoms with Gasteiger partial charge in [0.05, 0.1) is 0 Å². The van der Waals surface area contributed by atoms with Crippen LogP contribution in [0.15, 0.2) is 18.2 Å². The van der Waals surface area contributed by atoms with Crippen LogP contribution in [0.3, 0.4) is 0 Å². The molecule has 0 saturated heterocycles. The number of rotatable bonds is 0. The lowest BCUT2D eigenvalue weighted by Gasteiger charge is -2.34. The molecule has 2 nitrogen and oxygen atoms in total. The van der Waals surface area contributed by atoms with Crippen LogP contribution in [-0.4, -0.2) is 11.9 Å². The predicted octanol–water partition coefficient (Wildman–Crippen LogP) is 2.68. The maximum atomic E-state index is 11.6. The molecular weight excluding hydrogens is 186 g/mol. The van der Waals surface area contributed by atoms with Gasteiger partial charge in [0.15, 0.2) is 0 Å². The molecule has 1 atom stereocenters. The van der Waals surface area contributed by atoms with Crippen molar-refractivity contribution >= 4 is 11.6 Å². The zero-order valence-corrected chi connectivity index (χ0v) is 9.58. The van der Waals surface area contributed by atoms with Gasteiger partial charge in [-0.15, -0.1) is 0 Å². The van der Waals surface area contributed by atoms with Crippen molar-refractivity contribution < 1.29 is 4.79 Å². The van der Waals surface area contributed by atoms with Gasteiger partial charge in [-0.25, -0.2) is 0 Å². The minimum Gasteiger partial charge on any atom is -0.310 e. The van der Waals surface area contributed by atoms with Crippen LogP contribution in [0.4, 0.5) is 5.69 Å². The number of amides is 1. The molecule has 80 valence electrons. The maximum absolute atomic E-state index is 11.6. The highest BCUT2D eigenvalue weighted by Gasteiger charge is 2.25. The highest BCUT2D eigenvalue weighted by Crippen LogP contribution is 2.31. The molecular formula is C13H17NO. The first-order valence-corrected chi connectivity index (χ1v) is 5.49. The highest BCUT2D eigenvalue weighted by molar-refractivity contribution is 5.93. The van der Waals surface area contributed by atoms with Crippen LogP contribution < -0.4 is 4.90 Å². The molecule has 1 aromatic carbocycles. The molecule has 1 amide bonds. The number of carbonyl (C=O) groups excluding carboxylic acids is 1. The van der Waals surface area contributed by atoms with E-state index in [-0.39, 0.29) is 5.91 Å². The molecule has 0 saturated carbocycles. The molecule has 15 heavy (non-hydrogen) atoms. The molecule has 0 aliphatic carbocycles. The van der Waals surface area contributed by atoms with Crippen LogP contribution in [-0.2, 0) is 11.2 Å². The van der Waals surface area contributed by atoms with E-state index < -0.39 is 0 Å². The van der Waals surface area contributed by atoms with Crippen LogP contribution in [0.5, 0.6) is 0 Å². The lowest BCUT2D eigenvalue weighted by atomic mass is 9.95. The Balaban J connectivity index is 2.48. The normalized spacial score (nSPS) is 19.9. The smallest absolute Gasteiger partial charge is 0.224 e. The average molecular weight is 203 g/mol. The van der Waals surface area contributed by atoms with E-state index >= 15 is 0 Å². The second-order valence-electron chi connectivity index (χ2n) is 4.41. The van der Waals surface area contributed by atoms with Gasteiger partial charge in [-0.05, 0) is 38.3 Å². The van der Waals surface area contributed by atoms with Crippen molar-refractivity contribution in [3.63, 3.8) is 0 Å². The first-order valence-electron chi connectivity index (χ1n) is 5.49. The largest absolute Gasteiger partial charge is 0.310 e. The number of benzene rings is 1. The summed E-state index contributed by atoms with van der Waals surface area (Å²) in [7, 11) is 0. The third kappa shape index (κ3) is 1.76. The van der Waals surface area contributed by atoms with E-state index in [0.29, 0.717) is 6.04 Å². The van der Waals surface area contributed by atoms with Crippen LogP contribution in [0.2, 0.25) is 0 Å². The maximum Gasteiger partial charge on any atom is 0.224 e. The van der Waals surface area contributed by atoms with Gasteiger partial charge in [-0.2, -0.15) is 0 Å². The first kappa shape index (κ1) is 10.2. The molecule has 0 radical (unpaired) electrons. The summed E-state index contributed by atoms with van der Waals surface area (Å²) in [6.07, 6.45) is 2.15. The summed E-state index contributed by atoms with van der Waals surface area (Å²) in [5.74, 6) is 0.146. The summed E-state index contributed by atoms with van der Waals surface area (Å²) in [4.78, 5) is 13.5. The quantitative estimate of drug-likeness (QED) is 0.635. The predicted molar refractivity (Wildman–Crippen MR) is 62.1 cm³/mol. The Morgan fingerprint density at radius 3 is 2.87 bits per heavy atom. The lowest BCUT2D eigenvalue weighted by molar-refractivity contribution is -0.117. The highest BCUT2D eigenvalue weighted by atomic mass is 16.2. The van der Waals surface area contributed by atoms with Crippen LogP contribution in [0.1, 0.15) is 31.4 Å². The summed E-state index contributed by atoms with van der Waals surface area (Å²) in [6.45, 7) is 5.85. The summed E-state index contributed by atoms with van der Waals surface area (Å²) >= 11 is 0. The van der Waals surface area contributed by atoms with E-state index in [1.807, 2.05) is 4.90 Å². The third-order valence-corrected chi connectivity index (χ3v) is 3.11. The average Bonchev–Trinajstić information content (AvgIpc) is 2.17. The Bertz CT molecular complexity index is 398.